The summed E-state index contributed by atoms with van der Waals surface area (Å²) < 4.78 is 0. The van der Waals surface area contributed by atoms with Crippen LogP contribution in [0.4, 0.5) is 0 Å². The highest BCUT2D eigenvalue weighted by Gasteiger charge is 2.28. The number of amidine groups is 1. The van der Waals surface area contributed by atoms with Crippen molar-refractivity contribution in [3.8, 4) is 0 Å². The van der Waals surface area contributed by atoms with Crippen molar-refractivity contribution < 1.29 is 4.79 Å². The standard InChI is InChI=1S/C22H19N3OS/c1-16-7-2-3-9-19(16)14-25-21(26)15-27-22(25)24-23-13-18-11-6-10-17-8-4-5-12-20(17)18/h2-13H,14-15H2,1H3/b23-13+,24-22+. The van der Waals surface area contributed by atoms with Crippen molar-refractivity contribution in [3.05, 3.63) is 83.4 Å². The normalized spacial score (nSPS) is 16.1. The van der Waals surface area contributed by atoms with Crippen LogP contribution in [0.5, 0.6) is 0 Å². The number of hydrogen-bond donors (Lipinski definition) is 0. The summed E-state index contributed by atoms with van der Waals surface area (Å²) in [5.74, 6) is 0.483. The largest absolute Gasteiger partial charge is 0.285 e. The average molecular weight is 373 g/mol. The third-order valence-electron chi connectivity index (χ3n) is 4.61. The first kappa shape index (κ1) is 17.5. The predicted octanol–water partition coefficient (Wildman–Crippen LogP) is 4.61. The van der Waals surface area contributed by atoms with E-state index in [1.54, 1.807) is 11.1 Å². The van der Waals surface area contributed by atoms with Crippen LogP contribution in [0.25, 0.3) is 10.8 Å². The van der Waals surface area contributed by atoms with Gasteiger partial charge in [-0.05, 0) is 28.8 Å². The van der Waals surface area contributed by atoms with Gasteiger partial charge in [0, 0.05) is 5.56 Å². The maximum atomic E-state index is 12.3. The third kappa shape index (κ3) is 3.78. The Bertz CT molecular complexity index is 1050. The van der Waals surface area contributed by atoms with Gasteiger partial charge in [-0.3, -0.25) is 9.69 Å². The van der Waals surface area contributed by atoms with Gasteiger partial charge in [0.25, 0.3) is 0 Å². The summed E-state index contributed by atoms with van der Waals surface area (Å²) in [6, 6.07) is 22.4. The number of aryl methyl sites for hydroxylation is 1. The molecule has 0 aliphatic carbocycles. The van der Waals surface area contributed by atoms with Crippen molar-refractivity contribution in [2.75, 3.05) is 5.75 Å². The number of benzene rings is 3. The topological polar surface area (TPSA) is 45.0 Å². The molecule has 134 valence electrons. The second kappa shape index (κ2) is 7.76. The molecule has 3 aromatic rings. The SMILES string of the molecule is Cc1ccccc1CN1C(=O)CS/C1=N/N=C/c1cccc2ccccc12. The molecule has 1 saturated heterocycles. The lowest BCUT2D eigenvalue weighted by molar-refractivity contribution is -0.124. The number of hydrogen-bond acceptors (Lipinski definition) is 4. The predicted molar refractivity (Wildman–Crippen MR) is 113 cm³/mol. The Hall–Kier alpha value is -2.92. The number of carbonyl (C=O) groups excluding carboxylic acids is 1. The van der Waals surface area contributed by atoms with E-state index in [2.05, 4.69) is 41.4 Å². The number of nitrogens with zero attached hydrogens (tertiary/aromatic N) is 3. The minimum absolute atomic E-state index is 0.0716. The van der Waals surface area contributed by atoms with Crippen molar-refractivity contribution in [1.29, 1.82) is 0 Å². The first-order valence-electron chi connectivity index (χ1n) is 8.79. The molecule has 4 rings (SSSR count). The second-order valence-corrected chi connectivity index (χ2v) is 7.33. The highest BCUT2D eigenvalue weighted by atomic mass is 32.2. The molecule has 0 atom stereocenters. The molecule has 0 spiro atoms. The summed E-state index contributed by atoms with van der Waals surface area (Å²) in [7, 11) is 0. The fraction of sp³-hybridized carbons (Fsp3) is 0.136. The zero-order chi connectivity index (χ0) is 18.6. The van der Waals surface area contributed by atoms with Crippen LogP contribution in [0.3, 0.4) is 0 Å². The molecule has 27 heavy (non-hydrogen) atoms. The summed E-state index contributed by atoms with van der Waals surface area (Å²) in [5, 5.41) is 11.6. The zero-order valence-corrected chi connectivity index (χ0v) is 15.8. The highest BCUT2D eigenvalue weighted by molar-refractivity contribution is 8.15. The fourth-order valence-corrected chi connectivity index (χ4v) is 3.92. The molecule has 3 aromatic carbocycles. The van der Waals surface area contributed by atoms with E-state index < -0.39 is 0 Å². The van der Waals surface area contributed by atoms with Crippen LogP contribution >= 0.6 is 11.8 Å². The van der Waals surface area contributed by atoms with Gasteiger partial charge >= 0.3 is 0 Å². The van der Waals surface area contributed by atoms with Crippen molar-refractivity contribution in [1.82, 2.24) is 4.90 Å². The summed E-state index contributed by atoms with van der Waals surface area (Å²) in [6.07, 6.45) is 1.75. The Balaban J connectivity index is 1.58. The fourth-order valence-electron chi connectivity index (χ4n) is 3.09. The molecular weight excluding hydrogens is 354 g/mol. The van der Waals surface area contributed by atoms with Gasteiger partial charge in [-0.25, -0.2) is 0 Å². The van der Waals surface area contributed by atoms with Crippen LogP contribution in [0.2, 0.25) is 0 Å². The summed E-state index contributed by atoms with van der Waals surface area (Å²) in [4.78, 5) is 14.0. The van der Waals surface area contributed by atoms with Gasteiger partial charge in [0.2, 0.25) is 5.91 Å². The van der Waals surface area contributed by atoms with Crippen molar-refractivity contribution >= 4 is 39.8 Å². The molecule has 4 nitrogen and oxygen atoms in total. The molecule has 1 amide bonds. The number of rotatable bonds is 4. The Morgan fingerprint density at radius 1 is 1.04 bits per heavy atom. The molecule has 0 bridgehead atoms. The Morgan fingerprint density at radius 3 is 2.70 bits per heavy atom. The van der Waals surface area contributed by atoms with Crippen LogP contribution in [0, 0.1) is 6.92 Å². The summed E-state index contributed by atoms with van der Waals surface area (Å²) in [5.41, 5.74) is 3.30. The maximum Gasteiger partial charge on any atom is 0.239 e. The summed E-state index contributed by atoms with van der Waals surface area (Å²) in [6.45, 7) is 2.58. The van der Waals surface area contributed by atoms with E-state index in [1.807, 2.05) is 42.5 Å². The van der Waals surface area contributed by atoms with Crippen LogP contribution in [0.1, 0.15) is 16.7 Å². The van der Waals surface area contributed by atoms with Gasteiger partial charge in [-0.1, -0.05) is 78.5 Å². The van der Waals surface area contributed by atoms with Crippen LogP contribution < -0.4 is 0 Å². The molecule has 0 radical (unpaired) electrons. The van der Waals surface area contributed by atoms with Gasteiger partial charge in [-0.2, -0.15) is 5.10 Å². The molecule has 5 heteroatoms. The molecule has 0 N–H and O–H groups in total. The molecule has 0 aromatic heterocycles. The Kier molecular flexibility index (Phi) is 5.03. The smallest absolute Gasteiger partial charge is 0.239 e. The second-order valence-electron chi connectivity index (χ2n) is 6.39. The first-order valence-corrected chi connectivity index (χ1v) is 9.77. The maximum absolute atomic E-state index is 12.3. The van der Waals surface area contributed by atoms with Crippen LogP contribution in [0.15, 0.2) is 76.9 Å². The monoisotopic (exact) mass is 373 g/mol. The number of thioether (sulfide) groups is 1. The zero-order valence-electron chi connectivity index (χ0n) is 15.0. The van der Waals surface area contributed by atoms with E-state index in [9.17, 15) is 4.79 Å². The van der Waals surface area contributed by atoms with Crippen molar-refractivity contribution in [3.63, 3.8) is 0 Å². The van der Waals surface area contributed by atoms with Gasteiger partial charge in [-0.15, -0.1) is 5.10 Å². The van der Waals surface area contributed by atoms with Gasteiger partial charge in [0.15, 0.2) is 5.17 Å². The molecular formula is C22H19N3OS. The lowest BCUT2D eigenvalue weighted by Crippen LogP contribution is -2.29. The Morgan fingerprint density at radius 2 is 1.81 bits per heavy atom. The molecule has 0 saturated carbocycles. The van der Waals surface area contributed by atoms with Gasteiger partial charge in [0.1, 0.15) is 0 Å². The lowest BCUT2D eigenvalue weighted by atomic mass is 10.1. The first-order chi connectivity index (χ1) is 13.2. The van der Waals surface area contributed by atoms with E-state index in [0.717, 1.165) is 16.5 Å². The van der Waals surface area contributed by atoms with E-state index >= 15 is 0 Å². The van der Waals surface area contributed by atoms with E-state index in [-0.39, 0.29) is 5.91 Å². The lowest BCUT2D eigenvalue weighted by Gasteiger charge is -2.16. The molecule has 1 heterocycles. The minimum atomic E-state index is 0.0716. The molecule has 1 aliphatic heterocycles. The van der Waals surface area contributed by atoms with Gasteiger partial charge in [0.05, 0.1) is 18.5 Å². The number of fused-ring (bicyclic) bond motifs is 1. The van der Waals surface area contributed by atoms with Crippen LogP contribution in [-0.2, 0) is 11.3 Å². The highest BCUT2D eigenvalue weighted by Crippen LogP contribution is 2.23. The Labute approximate surface area is 162 Å². The molecule has 1 fully saturated rings. The van der Waals surface area contributed by atoms with Gasteiger partial charge < -0.3 is 0 Å². The van der Waals surface area contributed by atoms with Crippen molar-refractivity contribution in [2.45, 2.75) is 13.5 Å². The quantitative estimate of drug-likeness (QED) is 0.495. The van der Waals surface area contributed by atoms with Crippen LogP contribution in [-0.4, -0.2) is 27.9 Å². The number of carbonyl (C=O) groups is 1. The van der Waals surface area contributed by atoms with E-state index in [1.165, 1.54) is 22.7 Å². The van der Waals surface area contributed by atoms with E-state index in [4.69, 9.17) is 0 Å². The third-order valence-corrected chi connectivity index (χ3v) is 5.56. The van der Waals surface area contributed by atoms with Crippen molar-refractivity contribution in [2.24, 2.45) is 10.2 Å². The molecule has 0 unspecified atom stereocenters. The average Bonchev–Trinajstić information content (AvgIpc) is 3.03. The minimum Gasteiger partial charge on any atom is -0.285 e. The summed E-state index contributed by atoms with van der Waals surface area (Å²) >= 11 is 1.44. The van der Waals surface area contributed by atoms with E-state index in [0.29, 0.717) is 17.5 Å². The molecule has 1 aliphatic rings. The number of amides is 1.